The fraction of sp³-hybridized carbons (Fsp3) is 0.500. The van der Waals surface area contributed by atoms with Crippen molar-refractivity contribution in [2.45, 2.75) is 39.2 Å². The number of aromatic nitrogens is 3. The minimum absolute atomic E-state index is 0.164. The number of carbonyl (C=O) groups excluding carboxylic acids is 2. The molecule has 0 bridgehead atoms. The summed E-state index contributed by atoms with van der Waals surface area (Å²) in [4.78, 5) is 39.9. The van der Waals surface area contributed by atoms with Crippen molar-refractivity contribution in [1.82, 2.24) is 24.9 Å². The first-order valence-corrected chi connectivity index (χ1v) is 10.5. The van der Waals surface area contributed by atoms with E-state index in [0.717, 1.165) is 17.1 Å². The summed E-state index contributed by atoms with van der Waals surface area (Å²) >= 11 is 4.21. The van der Waals surface area contributed by atoms with Crippen molar-refractivity contribution in [2.75, 3.05) is 24.0 Å². The van der Waals surface area contributed by atoms with Gasteiger partial charge in [-0.3, -0.25) is 0 Å². The number of thiol groups is 1. The van der Waals surface area contributed by atoms with E-state index in [-0.39, 0.29) is 17.5 Å². The lowest BCUT2D eigenvalue weighted by molar-refractivity contribution is 0.0540. The van der Waals surface area contributed by atoms with Crippen LogP contribution in [0, 0.1) is 5.92 Å². The quantitative estimate of drug-likeness (QED) is 0.682. The van der Waals surface area contributed by atoms with Gasteiger partial charge in [-0.1, -0.05) is 12.8 Å². The molecule has 1 N–H and O–H groups in total. The van der Waals surface area contributed by atoms with Crippen molar-refractivity contribution < 1.29 is 19.2 Å². The van der Waals surface area contributed by atoms with Crippen LogP contribution in [-0.2, 0) is 0 Å². The molecule has 168 valence electrons. The van der Waals surface area contributed by atoms with Crippen LogP contribution in [0.5, 0.6) is 5.88 Å². The van der Waals surface area contributed by atoms with E-state index in [2.05, 4.69) is 28.1 Å². The van der Waals surface area contributed by atoms with E-state index in [1.165, 1.54) is 12.3 Å². The zero-order valence-corrected chi connectivity index (χ0v) is 18.8. The number of imidazole rings is 1. The normalized spacial score (nSPS) is 14.8. The Morgan fingerprint density at radius 2 is 2.03 bits per heavy atom. The number of hydrogen-bond donors (Lipinski definition) is 2. The number of urea groups is 1. The number of hydrogen-bond acceptors (Lipinski definition) is 7. The average molecular weight is 449 g/mol. The van der Waals surface area contributed by atoms with Gasteiger partial charge in [0, 0.05) is 30.9 Å². The third-order valence-corrected chi connectivity index (χ3v) is 5.06. The molecule has 0 spiro atoms. The Balaban J connectivity index is 1.45. The van der Waals surface area contributed by atoms with Crippen LogP contribution in [0.3, 0.4) is 0 Å². The number of nitrogens with one attached hydrogen (secondary N) is 1. The molecule has 0 radical (unpaired) electrons. The van der Waals surface area contributed by atoms with Crippen LogP contribution in [0.25, 0.3) is 0 Å². The van der Waals surface area contributed by atoms with Crippen LogP contribution in [0.2, 0.25) is 0 Å². The number of rotatable bonds is 5. The number of nitrogens with zero attached hydrogens (tertiary/aromatic N) is 5. The van der Waals surface area contributed by atoms with E-state index in [0.29, 0.717) is 31.3 Å². The molecule has 3 heterocycles. The molecule has 0 atom stereocenters. The monoisotopic (exact) mass is 448 g/mol. The Hall–Kier alpha value is -2.95. The van der Waals surface area contributed by atoms with Gasteiger partial charge in [0.1, 0.15) is 12.9 Å². The summed E-state index contributed by atoms with van der Waals surface area (Å²) in [6.45, 7) is 7.39. The molecule has 0 aromatic carbocycles. The number of carbonyl (C=O) groups is 2. The summed E-state index contributed by atoms with van der Waals surface area (Å²) in [5.41, 5.74) is 0.0728. The molecule has 1 aliphatic heterocycles. The molecular formula is C20H28N6O4S. The predicted octanol–water partition coefficient (Wildman–Crippen LogP) is 2.78. The Bertz CT molecular complexity index is 861. The highest BCUT2D eigenvalue weighted by Gasteiger charge is 2.25. The highest BCUT2D eigenvalue weighted by Crippen LogP contribution is 2.21. The summed E-state index contributed by atoms with van der Waals surface area (Å²) in [6.07, 6.45) is 7.65. The van der Waals surface area contributed by atoms with E-state index >= 15 is 0 Å². The van der Waals surface area contributed by atoms with Gasteiger partial charge in [0.25, 0.3) is 0 Å². The van der Waals surface area contributed by atoms with Crippen LogP contribution in [0.15, 0.2) is 37.1 Å². The Morgan fingerprint density at radius 3 is 2.61 bits per heavy atom. The number of anilines is 1. The zero-order valence-electron chi connectivity index (χ0n) is 17.9. The van der Waals surface area contributed by atoms with Gasteiger partial charge in [0.05, 0.1) is 18.1 Å². The van der Waals surface area contributed by atoms with Gasteiger partial charge in [0.2, 0.25) is 5.88 Å². The molecule has 10 nitrogen and oxygen atoms in total. The van der Waals surface area contributed by atoms with Crippen molar-refractivity contribution in [2.24, 2.45) is 5.92 Å². The smallest absolute Gasteiger partial charge is 0.413 e. The predicted molar refractivity (Wildman–Crippen MR) is 118 cm³/mol. The lowest BCUT2D eigenvalue weighted by Crippen LogP contribution is -2.45. The fourth-order valence-corrected chi connectivity index (χ4v) is 3.17. The molecule has 1 saturated heterocycles. The summed E-state index contributed by atoms with van der Waals surface area (Å²) in [5.74, 6) is 0.529. The molecule has 0 aliphatic carbocycles. The van der Waals surface area contributed by atoms with Gasteiger partial charge in [-0.05, 0) is 45.6 Å². The summed E-state index contributed by atoms with van der Waals surface area (Å²) in [5, 5.41) is 2.81. The molecule has 2 aromatic heterocycles. The highest BCUT2D eigenvalue weighted by molar-refractivity contribution is 7.82. The molecule has 3 rings (SSSR count). The van der Waals surface area contributed by atoms with E-state index < -0.39 is 6.09 Å². The molecule has 11 heteroatoms. The second kappa shape index (κ2) is 9.90. The van der Waals surface area contributed by atoms with Gasteiger partial charge < -0.3 is 19.8 Å². The lowest BCUT2D eigenvalue weighted by atomic mass is 9.98. The minimum Gasteiger partial charge on any atom is -0.413 e. The highest BCUT2D eigenvalue weighted by atomic mass is 32.1. The van der Waals surface area contributed by atoms with E-state index in [9.17, 15) is 9.59 Å². The maximum absolute atomic E-state index is 12.4. The maximum Gasteiger partial charge on any atom is 0.416 e. The zero-order chi connectivity index (χ0) is 22.4. The number of pyridine rings is 1. The van der Waals surface area contributed by atoms with Gasteiger partial charge in [-0.25, -0.2) is 23.9 Å². The van der Waals surface area contributed by atoms with Gasteiger partial charge in [0.15, 0.2) is 0 Å². The van der Waals surface area contributed by atoms with E-state index in [4.69, 9.17) is 9.57 Å². The molecule has 1 fully saturated rings. The van der Waals surface area contributed by atoms with Crippen LogP contribution in [0.4, 0.5) is 15.3 Å². The minimum atomic E-state index is -0.442. The van der Waals surface area contributed by atoms with Crippen LogP contribution < -0.4 is 19.2 Å². The topological polar surface area (TPSA) is 102 Å². The van der Waals surface area contributed by atoms with Crippen LogP contribution in [0.1, 0.15) is 33.6 Å². The summed E-state index contributed by atoms with van der Waals surface area (Å²) in [6, 6.07) is 2.78. The van der Waals surface area contributed by atoms with Gasteiger partial charge in [-0.15, -0.1) is 0 Å². The number of piperidine rings is 1. The van der Waals surface area contributed by atoms with E-state index in [1.807, 2.05) is 20.8 Å². The largest absolute Gasteiger partial charge is 0.416 e. The molecule has 1 aliphatic rings. The first-order chi connectivity index (χ1) is 14.7. The Morgan fingerprint density at radius 1 is 1.29 bits per heavy atom. The third kappa shape index (κ3) is 6.78. The number of likely N-dealkylation sites (tertiary alicyclic amines) is 1. The fourth-order valence-electron chi connectivity index (χ4n) is 3.00. The van der Waals surface area contributed by atoms with Crippen LogP contribution in [-0.4, -0.2) is 57.0 Å². The van der Waals surface area contributed by atoms with Gasteiger partial charge in [-0.2, -0.15) is 4.73 Å². The first kappa shape index (κ1) is 22.7. The van der Waals surface area contributed by atoms with Crippen molar-refractivity contribution in [1.29, 1.82) is 0 Å². The third-order valence-electron chi connectivity index (χ3n) is 4.64. The molecule has 2 aromatic rings. The lowest BCUT2D eigenvalue weighted by Gasteiger charge is -2.30. The molecule has 31 heavy (non-hydrogen) atoms. The molecule has 0 unspecified atom stereocenters. The standard InChI is InChI=1S/C20H28N6O4S/c1-20(2,3)23-18(27)26(31)16-4-5-17(22-12-16)30-19(28)24-9-6-15(7-10-24)13-29-25-11-8-21-14-25/h4-5,8,11-12,14-15,31H,6-7,9-10,13H2,1-3H3,(H,23,27). The Labute approximate surface area is 187 Å². The molecular weight excluding hydrogens is 420 g/mol. The summed E-state index contributed by atoms with van der Waals surface area (Å²) in [7, 11) is 0. The van der Waals surface area contributed by atoms with Crippen LogP contribution >= 0.6 is 12.8 Å². The van der Waals surface area contributed by atoms with Crippen molar-refractivity contribution >= 4 is 30.6 Å². The Kier molecular flexibility index (Phi) is 7.26. The van der Waals surface area contributed by atoms with Gasteiger partial charge >= 0.3 is 12.1 Å². The number of amides is 3. The molecule has 3 amide bonds. The average Bonchev–Trinajstić information content (AvgIpc) is 3.25. The summed E-state index contributed by atoms with van der Waals surface area (Å²) < 4.78 is 8.10. The number of ether oxygens (including phenoxy) is 1. The van der Waals surface area contributed by atoms with Crippen molar-refractivity contribution in [3.05, 3.63) is 37.1 Å². The van der Waals surface area contributed by atoms with E-state index in [1.54, 1.807) is 34.4 Å². The first-order valence-electron chi connectivity index (χ1n) is 10.1. The molecule has 0 saturated carbocycles. The second-order valence-electron chi connectivity index (χ2n) is 8.36. The maximum atomic E-state index is 12.4. The van der Waals surface area contributed by atoms with Crippen molar-refractivity contribution in [3.8, 4) is 5.88 Å². The second-order valence-corrected chi connectivity index (χ2v) is 8.76. The SMILES string of the molecule is CC(C)(C)NC(=O)N(S)c1ccc(OC(=O)N2CCC(COn3ccnc3)CC2)nc1. The van der Waals surface area contributed by atoms with Crippen molar-refractivity contribution in [3.63, 3.8) is 0 Å².